The molecule has 1 aromatic rings. The Bertz CT molecular complexity index is 551. The Kier molecular flexibility index (Phi) is 7.75. The molecule has 0 amide bonds. The largest absolute Gasteiger partial charge is 0.358 e. The molecule has 3 nitrogen and oxygen atoms in total. The van der Waals surface area contributed by atoms with Gasteiger partial charge in [-0.1, -0.05) is 71.9 Å². The highest BCUT2D eigenvalue weighted by Crippen LogP contribution is 2.38. The van der Waals surface area contributed by atoms with Crippen molar-refractivity contribution in [1.82, 2.24) is 0 Å². The van der Waals surface area contributed by atoms with E-state index in [-0.39, 0.29) is 17.8 Å². The molecule has 2 rings (SSSR count). The molecule has 0 saturated carbocycles. The average molecular weight is 341 g/mol. The van der Waals surface area contributed by atoms with Crippen LogP contribution in [0.3, 0.4) is 0 Å². The smallest absolute Gasteiger partial charge is 0.181 e. The lowest BCUT2D eigenvalue weighted by atomic mass is 9.79. The number of rotatable bonds is 4. The maximum Gasteiger partial charge on any atom is 0.181 e. The van der Waals surface area contributed by atoms with E-state index in [2.05, 4.69) is 20.8 Å². The van der Waals surface area contributed by atoms with E-state index in [0.717, 1.165) is 12.0 Å². The zero-order valence-electron chi connectivity index (χ0n) is 15.3. The van der Waals surface area contributed by atoms with Crippen LogP contribution in [0.5, 0.6) is 0 Å². The predicted molar refractivity (Wildman–Crippen MR) is 96.9 cm³/mol. The Morgan fingerprint density at radius 1 is 0.957 bits per heavy atom. The molecule has 0 aromatic heterocycles. The van der Waals surface area contributed by atoms with Gasteiger partial charge in [0, 0.05) is 0 Å². The monoisotopic (exact) mass is 340 g/mol. The van der Waals surface area contributed by atoms with Gasteiger partial charge in [0.2, 0.25) is 0 Å². The van der Waals surface area contributed by atoms with Crippen LogP contribution in [0.1, 0.15) is 53.5 Å². The fourth-order valence-electron chi connectivity index (χ4n) is 3.25. The second kappa shape index (κ2) is 8.84. The summed E-state index contributed by atoms with van der Waals surface area (Å²) >= 11 is 0. The van der Waals surface area contributed by atoms with Crippen molar-refractivity contribution in [3.05, 3.63) is 35.9 Å². The summed E-state index contributed by atoms with van der Waals surface area (Å²) in [5.41, 5.74) is 0.140. The van der Waals surface area contributed by atoms with Crippen LogP contribution >= 0.6 is 0 Å². The Morgan fingerprint density at radius 2 is 1.52 bits per heavy atom. The first-order chi connectivity index (χ1) is 10.9. The molecule has 23 heavy (non-hydrogen) atoms. The van der Waals surface area contributed by atoms with Gasteiger partial charge in [-0.05, 0) is 29.7 Å². The predicted octanol–water partition coefficient (Wildman–Crippen LogP) is 4.67. The Hall–Kier alpha value is -0.870. The van der Waals surface area contributed by atoms with Gasteiger partial charge in [-0.2, -0.15) is 0 Å². The number of ether oxygens (including phenoxy) is 1. The SMILES string of the molecule is CC.CCC1OC(S(=O)(=O)Cc2ccccc2)C(C)C(C)C1C. The summed E-state index contributed by atoms with van der Waals surface area (Å²) in [7, 11) is -3.31. The zero-order valence-corrected chi connectivity index (χ0v) is 16.1. The van der Waals surface area contributed by atoms with Gasteiger partial charge in [0.15, 0.2) is 15.3 Å². The summed E-state index contributed by atoms with van der Waals surface area (Å²) in [6, 6.07) is 9.35. The van der Waals surface area contributed by atoms with E-state index < -0.39 is 15.3 Å². The van der Waals surface area contributed by atoms with Gasteiger partial charge in [0.1, 0.15) is 0 Å². The first-order valence-corrected chi connectivity index (χ1v) is 10.5. The fourth-order valence-corrected chi connectivity index (χ4v) is 5.29. The Balaban J connectivity index is 0.00000127. The highest BCUT2D eigenvalue weighted by Gasteiger charge is 2.44. The number of hydrogen-bond acceptors (Lipinski definition) is 3. The van der Waals surface area contributed by atoms with Crippen LogP contribution in [0.15, 0.2) is 30.3 Å². The van der Waals surface area contributed by atoms with Crippen LogP contribution in [0.2, 0.25) is 0 Å². The summed E-state index contributed by atoms with van der Waals surface area (Å²) in [6.45, 7) is 12.4. The summed E-state index contributed by atoms with van der Waals surface area (Å²) in [5, 5.41) is 0. The lowest BCUT2D eigenvalue weighted by Gasteiger charge is -2.43. The van der Waals surface area contributed by atoms with E-state index in [1.54, 1.807) is 0 Å². The summed E-state index contributed by atoms with van der Waals surface area (Å²) < 4.78 is 31.5. The first kappa shape index (κ1) is 20.2. The van der Waals surface area contributed by atoms with Crippen LogP contribution < -0.4 is 0 Å². The van der Waals surface area contributed by atoms with E-state index in [1.807, 2.05) is 51.1 Å². The molecule has 0 aliphatic carbocycles. The maximum atomic E-state index is 12.8. The average Bonchev–Trinajstić information content (AvgIpc) is 2.55. The molecule has 1 fully saturated rings. The summed E-state index contributed by atoms with van der Waals surface area (Å²) in [6.07, 6.45) is 0.891. The molecule has 1 aliphatic rings. The number of sulfone groups is 1. The molecule has 0 N–H and O–H groups in total. The molecule has 1 aromatic carbocycles. The Morgan fingerprint density at radius 3 is 2.04 bits per heavy atom. The summed E-state index contributed by atoms with van der Waals surface area (Å²) in [5.74, 6) is 0.823. The van der Waals surface area contributed by atoms with Gasteiger partial charge in [0.05, 0.1) is 11.9 Å². The van der Waals surface area contributed by atoms with Gasteiger partial charge in [0.25, 0.3) is 0 Å². The molecule has 0 bridgehead atoms. The lowest BCUT2D eigenvalue weighted by molar-refractivity contribution is -0.0982. The quantitative estimate of drug-likeness (QED) is 0.800. The molecular weight excluding hydrogens is 308 g/mol. The van der Waals surface area contributed by atoms with Crippen LogP contribution in [-0.2, 0) is 20.3 Å². The second-order valence-corrected chi connectivity index (χ2v) is 8.40. The van der Waals surface area contributed by atoms with Crippen molar-refractivity contribution >= 4 is 9.84 Å². The van der Waals surface area contributed by atoms with Crippen molar-refractivity contribution in [3.8, 4) is 0 Å². The maximum absolute atomic E-state index is 12.8. The third-order valence-corrected chi connectivity index (χ3v) is 6.93. The molecule has 0 spiro atoms. The molecule has 5 unspecified atom stereocenters. The van der Waals surface area contributed by atoms with Crippen molar-refractivity contribution in [1.29, 1.82) is 0 Å². The van der Waals surface area contributed by atoms with Crippen LogP contribution in [-0.4, -0.2) is 20.0 Å². The van der Waals surface area contributed by atoms with Gasteiger partial charge < -0.3 is 4.74 Å². The standard InChI is InChI=1S/C17H26O3S.C2H6/c1-5-16-13(3)12(2)14(4)17(20-16)21(18,19)11-15-9-7-6-8-10-15;1-2/h6-10,12-14,16-17H,5,11H2,1-4H3;1-2H3. The molecule has 0 radical (unpaired) electrons. The fraction of sp³-hybridized carbons (Fsp3) is 0.684. The minimum atomic E-state index is -3.31. The minimum Gasteiger partial charge on any atom is -0.358 e. The molecular formula is C19H32O3S. The minimum absolute atomic E-state index is 0.0245. The van der Waals surface area contributed by atoms with Crippen molar-refractivity contribution in [2.24, 2.45) is 17.8 Å². The van der Waals surface area contributed by atoms with Crippen molar-refractivity contribution in [2.75, 3.05) is 0 Å². The normalized spacial score (nSPS) is 31.1. The molecule has 1 saturated heterocycles. The van der Waals surface area contributed by atoms with E-state index >= 15 is 0 Å². The molecule has 1 heterocycles. The molecule has 5 atom stereocenters. The highest BCUT2D eigenvalue weighted by molar-refractivity contribution is 7.91. The number of hydrogen-bond donors (Lipinski definition) is 0. The molecule has 4 heteroatoms. The van der Waals surface area contributed by atoms with Gasteiger partial charge in [-0.15, -0.1) is 0 Å². The van der Waals surface area contributed by atoms with E-state index in [4.69, 9.17) is 4.74 Å². The highest BCUT2D eigenvalue weighted by atomic mass is 32.2. The third kappa shape index (κ3) is 4.80. The molecule has 132 valence electrons. The third-order valence-electron chi connectivity index (χ3n) is 4.95. The van der Waals surface area contributed by atoms with Crippen molar-refractivity contribution < 1.29 is 13.2 Å². The number of benzene rings is 1. The topological polar surface area (TPSA) is 43.4 Å². The van der Waals surface area contributed by atoms with E-state index in [9.17, 15) is 8.42 Å². The van der Waals surface area contributed by atoms with Gasteiger partial charge >= 0.3 is 0 Å². The van der Waals surface area contributed by atoms with Gasteiger partial charge in [-0.25, -0.2) is 8.42 Å². The van der Waals surface area contributed by atoms with Crippen molar-refractivity contribution in [2.45, 2.75) is 65.3 Å². The van der Waals surface area contributed by atoms with Gasteiger partial charge in [-0.3, -0.25) is 0 Å². The van der Waals surface area contributed by atoms with Crippen LogP contribution in [0, 0.1) is 17.8 Å². The second-order valence-electron chi connectivity index (χ2n) is 6.32. The van der Waals surface area contributed by atoms with E-state index in [1.165, 1.54) is 0 Å². The van der Waals surface area contributed by atoms with Crippen LogP contribution in [0.25, 0.3) is 0 Å². The van der Waals surface area contributed by atoms with E-state index in [0.29, 0.717) is 11.8 Å². The lowest BCUT2D eigenvalue weighted by Crippen LogP contribution is -2.48. The first-order valence-electron chi connectivity index (χ1n) is 8.77. The van der Waals surface area contributed by atoms with Crippen LogP contribution in [0.4, 0.5) is 0 Å². The molecule has 1 aliphatic heterocycles. The van der Waals surface area contributed by atoms with Crippen molar-refractivity contribution in [3.63, 3.8) is 0 Å². The Labute approximate surface area is 142 Å². The summed E-state index contributed by atoms with van der Waals surface area (Å²) in [4.78, 5) is 0. The zero-order chi connectivity index (χ0) is 17.6.